The molecule has 2 heterocycles. The number of carbonyl (C=O) groups is 1. The van der Waals surface area contributed by atoms with Crippen molar-refractivity contribution in [2.24, 2.45) is 0 Å². The molecule has 7 nitrogen and oxygen atoms in total. The van der Waals surface area contributed by atoms with Gasteiger partial charge < -0.3 is 9.84 Å². The van der Waals surface area contributed by atoms with Crippen LogP contribution >= 0.6 is 0 Å². The Labute approximate surface area is 114 Å². The largest absolute Gasteiger partial charge is 0.363 e. The van der Waals surface area contributed by atoms with E-state index in [0.29, 0.717) is 11.7 Å². The predicted octanol–water partition coefficient (Wildman–Crippen LogP) is 1.31. The van der Waals surface area contributed by atoms with E-state index in [4.69, 9.17) is 0 Å². The molecule has 1 fully saturated rings. The molecule has 0 bridgehead atoms. The van der Waals surface area contributed by atoms with Crippen LogP contribution in [0.25, 0.3) is 0 Å². The molecule has 2 aromatic rings. The highest BCUT2D eigenvalue weighted by Crippen LogP contribution is 2.38. The average molecular weight is 274 g/mol. The number of hydrogen-bond donors (Lipinski definition) is 1. The van der Waals surface area contributed by atoms with Crippen molar-refractivity contribution < 1.29 is 9.32 Å². The van der Waals surface area contributed by atoms with Crippen molar-refractivity contribution in [2.75, 3.05) is 5.32 Å². The minimum absolute atomic E-state index is 0.294. The van der Waals surface area contributed by atoms with Gasteiger partial charge in [0, 0.05) is 18.1 Å². The number of nitrogens with zero attached hydrogens (tertiary/aromatic N) is 3. The molecule has 0 spiro atoms. The number of hydrogen-bond acceptors (Lipinski definition) is 5. The Morgan fingerprint density at radius 1 is 1.45 bits per heavy atom. The second-order valence-electron chi connectivity index (χ2n) is 4.87. The van der Waals surface area contributed by atoms with Gasteiger partial charge in [0.1, 0.15) is 12.3 Å². The van der Waals surface area contributed by atoms with Crippen molar-refractivity contribution in [1.29, 1.82) is 0 Å². The molecule has 0 aromatic carbocycles. The van der Waals surface area contributed by atoms with Crippen LogP contribution in [0, 0.1) is 0 Å². The summed E-state index contributed by atoms with van der Waals surface area (Å²) in [5.41, 5.74) is 0.572. The van der Waals surface area contributed by atoms with Crippen molar-refractivity contribution in [3.63, 3.8) is 0 Å². The maximum absolute atomic E-state index is 12.1. The summed E-state index contributed by atoms with van der Waals surface area (Å²) in [4.78, 5) is 23.9. The van der Waals surface area contributed by atoms with Gasteiger partial charge in [0.05, 0.1) is 5.69 Å². The van der Waals surface area contributed by atoms with Gasteiger partial charge in [0.15, 0.2) is 5.82 Å². The highest BCUT2D eigenvalue weighted by molar-refractivity contribution is 5.92. The van der Waals surface area contributed by atoms with Gasteiger partial charge in [-0.25, -0.2) is 4.68 Å². The van der Waals surface area contributed by atoms with Gasteiger partial charge in [-0.2, -0.15) is 5.10 Å². The van der Waals surface area contributed by atoms with Gasteiger partial charge >= 0.3 is 0 Å². The molecule has 0 radical (unpaired) electrons. The molecule has 1 unspecified atom stereocenters. The number of nitrogens with one attached hydrogen (secondary N) is 1. The Kier molecular flexibility index (Phi) is 3.09. The first-order valence-corrected chi connectivity index (χ1v) is 6.46. The number of carbonyl (C=O) groups excluding carboxylic acids is 1. The second-order valence-corrected chi connectivity index (χ2v) is 4.87. The Bertz CT molecular complexity index is 673. The molecule has 0 aliphatic heterocycles. The van der Waals surface area contributed by atoms with Crippen molar-refractivity contribution in [1.82, 2.24) is 14.9 Å². The van der Waals surface area contributed by atoms with E-state index in [9.17, 15) is 9.59 Å². The number of rotatable bonds is 4. The van der Waals surface area contributed by atoms with Crippen LogP contribution in [0.4, 0.5) is 5.82 Å². The van der Waals surface area contributed by atoms with Gasteiger partial charge in [-0.05, 0) is 25.8 Å². The van der Waals surface area contributed by atoms with Gasteiger partial charge in [0.2, 0.25) is 5.91 Å². The van der Waals surface area contributed by atoms with Crippen LogP contribution in [0.2, 0.25) is 0 Å². The molecular weight excluding hydrogens is 260 g/mol. The maximum atomic E-state index is 12.1. The number of amides is 1. The lowest BCUT2D eigenvalue weighted by atomic mass is 10.2. The molecule has 1 amide bonds. The first kappa shape index (κ1) is 12.6. The van der Waals surface area contributed by atoms with E-state index in [0.717, 1.165) is 18.5 Å². The minimum Gasteiger partial charge on any atom is -0.363 e. The maximum Gasteiger partial charge on any atom is 0.267 e. The fourth-order valence-electron chi connectivity index (χ4n) is 1.93. The van der Waals surface area contributed by atoms with Crippen LogP contribution in [0.5, 0.6) is 0 Å². The van der Waals surface area contributed by atoms with Crippen molar-refractivity contribution in [2.45, 2.75) is 31.7 Å². The zero-order chi connectivity index (χ0) is 14.1. The summed E-state index contributed by atoms with van der Waals surface area (Å²) in [5.74, 6) is 0.377. The molecule has 1 N–H and O–H groups in total. The van der Waals surface area contributed by atoms with E-state index in [-0.39, 0.29) is 11.5 Å². The summed E-state index contributed by atoms with van der Waals surface area (Å²) in [6, 6.07) is 4.01. The molecule has 2 aromatic heterocycles. The van der Waals surface area contributed by atoms with Gasteiger partial charge in [-0.15, -0.1) is 0 Å². The van der Waals surface area contributed by atoms with Crippen molar-refractivity contribution in [3.8, 4) is 0 Å². The summed E-state index contributed by atoms with van der Waals surface area (Å²) in [7, 11) is 0. The third-order valence-electron chi connectivity index (χ3n) is 3.28. The number of aromatic nitrogens is 3. The first-order valence-electron chi connectivity index (χ1n) is 6.46. The first-order chi connectivity index (χ1) is 9.65. The lowest BCUT2D eigenvalue weighted by Crippen LogP contribution is -2.33. The minimum atomic E-state index is -0.710. The standard InChI is InChI=1S/C13H14N4O3/c1-8(13(19)14-11-6-7-20-16-11)17-12(18)5-4-10(15-17)9-2-3-9/h4-9H,2-3H2,1H3,(H,14,16,19). The van der Waals surface area contributed by atoms with E-state index in [2.05, 4.69) is 20.1 Å². The third-order valence-corrected chi connectivity index (χ3v) is 3.28. The molecule has 104 valence electrons. The molecule has 0 saturated heterocycles. The van der Waals surface area contributed by atoms with E-state index in [1.165, 1.54) is 23.1 Å². The van der Waals surface area contributed by atoms with Crippen LogP contribution in [0.1, 0.15) is 37.4 Å². The second kappa shape index (κ2) is 4.92. The van der Waals surface area contributed by atoms with Gasteiger partial charge in [-0.3, -0.25) is 9.59 Å². The van der Waals surface area contributed by atoms with E-state index < -0.39 is 6.04 Å². The summed E-state index contributed by atoms with van der Waals surface area (Å²) in [6.45, 7) is 1.63. The predicted molar refractivity (Wildman–Crippen MR) is 70.3 cm³/mol. The SMILES string of the molecule is CC(C(=O)Nc1ccon1)n1nc(C2CC2)ccc1=O. The highest BCUT2D eigenvalue weighted by atomic mass is 16.5. The van der Waals surface area contributed by atoms with E-state index in [1.54, 1.807) is 13.0 Å². The van der Waals surface area contributed by atoms with Crippen molar-refractivity contribution in [3.05, 3.63) is 40.5 Å². The third kappa shape index (κ3) is 2.47. The fraction of sp³-hybridized carbons (Fsp3) is 0.385. The van der Waals surface area contributed by atoms with Crippen LogP contribution < -0.4 is 10.9 Å². The Balaban J connectivity index is 1.82. The monoisotopic (exact) mass is 274 g/mol. The lowest BCUT2D eigenvalue weighted by molar-refractivity contribution is -0.119. The average Bonchev–Trinajstić information content (AvgIpc) is 3.17. The highest BCUT2D eigenvalue weighted by Gasteiger charge is 2.27. The lowest BCUT2D eigenvalue weighted by Gasteiger charge is -2.13. The molecule has 7 heteroatoms. The Morgan fingerprint density at radius 3 is 2.90 bits per heavy atom. The zero-order valence-electron chi connectivity index (χ0n) is 10.9. The van der Waals surface area contributed by atoms with E-state index >= 15 is 0 Å². The molecule has 1 aliphatic carbocycles. The molecule has 20 heavy (non-hydrogen) atoms. The Morgan fingerprint density at radius 2 is 2.25 bits per heavy atom. The molecule has 1 aliphatic rings. The smallest absolute Gasteiger partial charge is 0.267 e. The summed E-state index contributed by atoms with van der Waals surface area (Å²) >= 11 is 0. The van der Waals surface area contributed by atoms with Crippen LogP contribution in [0.3, 0.4) is 0 Å². The quantitative estimate of drug-likeness (QED) is 0.907. The molecule has 1 atom stereocenters. The fourth-order valence-corrected chi connectivity index (χ4v) is 1.93. The van der Waals surface area contributed by atoms with Crippen LogP contribution in [0.15, 0.2) is 33.8 Å². The summed E-state index contributed by atoms with van der Waals surface area (Å²) in [5, 5.41) is 10.4. The Hall–Kier alpha value is -2.44. The van der Waals surface area contributed by atoms with Crippen LogP contribution in [-0.2, 0) is 4.79 Å². The normalized spacial score (nSPS) is 15.8. The van der Waals surface area contributed by atoms with E-state index in [1.807, 2.05) is 0 Å². The molecular formula is C13H14N4O3. The molecule has 3 rings (SSSR count). The molecule has 1 saturated carbocycles. The van der Waals surface area contributed by atoms with Crippen LogP contribution in [-0.4, -0.2) is 20.8 Å². The topological polar surface area (TPSA) is 90.0 Å². The van der Waals surface area contributed by atoms with Crippen molar-refractivity contribution >= 4 is 11.7 Å². The van der Waals surface area contributed by atoms with Gasteiger partial charge in [0.25, 0.3) is 5.56 Å². The number of anilines is 1. The van der Waals surface area contributed by atoms with Gasteiger partial charge in [-0.1, -0.05) is 5.16 Å². The zero-order valence-corrected chi connectivity index (χ0v) is 10.9. The summed E-state index contributed by atoms with van der Waals surface area (Å²) in [6.07, 6.45) is 3.54. The summed E-state index contributed by atoms with van der Waals surface area (Å²) < 4.78 is 5.85.